The van der Waals surface area contributed by atoms with Crippen molar-refractivity contribution in [1.82, 2.24) is 10.2 Å². The van der Waals surface area contributed by atoms with Crippen LogP contribution in [0.4, 0.5) is 5.69 Å². The summed E-state index contributed by atoms with van der Waals surface area (Å²) in [6.07, 6.45) is 0.0892. The van der Waals surface area contributed by atoms with Gasteiger partial charge in [0.05, 0.1) is 22.6 Å². The Morgan fingerprint density at radius 2 is 2.10 bits per heavy atom. The average Bonchev–Trinajstić information content (AvgIpc) is 2.93. The maximum atomic E-state index is 12.6. The van der Waals surface area contributed by atoms with Crippen molar-refractivity contribution in [2.75, 3.05) is 5.32 Å². The maximum absolute atomic E-state index is 12.6. The van der Waals surface area contributed by atoms with E-state index in [-0.39, 0.29) is 12.0 Å². The fourth-order valence-electron chi connectivity index (χ4n) is 2.68. The lowest BCUT2D eigenvalue weighted by Crippen LogP contribution is -2.15. The van der Waals surface area contributed by atoms with E-state index in [0.29, 0.717) is 17.2 Å². The standard InChI is InChI=1S/C16H19N3O2/c1-8-11(4)21-15-12(8)6-5-7-13(15)16(20)17-14-9(2)18-19-10(14)3/h5-8,11H,1-4H3,(H,17,20)(H,18,19). The van der Waals surface area contributed by atoms with E-state index in [1.807, 2.05) is 32.9 Å². The number of H-pyrrole nitrogens is 1. The van der Waals surface area contributed by atoms with Crippen LogP contribution in [0.3, 0.4) is 0 Å². The molecule has 1 aromatic heterocycles. The molecule has 0 bridgehead atoms. The van der Waals surface area contributed by atoms with Gasteiger partial charge in [-0.25, -0.2) is 0 Å². The van der Waals surface area contributed by atoms with Crippen LogP contribution in [0.15, 0.2) is 18.2 Å². The molecule has 2 heterocycles. The van der Waals surface area contributed by atoms with Crippen molar-refractivity contribution in [1.29, 1.82) is 0 Å². The number of amides is 1. The summed E-state index contributed by atoms with van der Waals surface area (Å²) in [5.41, 5.74) is 4.02. The predicted octanol–water partition coefficient (Wildman–Crippen LogP) is 3.16. The number of para-hydroxylation sites is 1. The molecular formula is C16H19N3O2. The van der Waals surface area contributed by atoms with Gasteiger partial charge in [-0.1, -0.05) is 19.1 Å². The Hall–Kier alpha value is -2.30. The number of anilines is 1. The predicted molar refractivity (Wildman–Crippen MR) is 81.0 cm³/mol. The zero-order chi connectivity index (χ0) is 15.1. The summed E-state index contributed by atoms with van der Waals surface area (Å²) in [6.45, 7) is 7.88. The van der Waals surface area contributed by atoms with Crippen LogP contribution in [0, 0.1) is 13.8 Å². The van der Waals surface area contributed by atoms with Gasteiger partial charge in [-0.15, -0.1) is 0 Å². The highest BCUT2D eigenvalue weighted by Gasteiger charge is 2.31. The Bertz CT molecular complexity index is 686. The summed E-state index contributed by atoms with van der Waals surface area (Å²) in [5, 5.41) is 9.87. The van der Waals surface area contributed by atoms with Gasteiger partial charge in [-0.2, -0.15) is 5.10 Å². The summed E-state index contributed by atoms with van der Waals surface area (Å²) in [5.74, 6) is 0.833. The highest BCUT2D eigenvalue weighted by Crippen LogP contribution is 2.40. The summed E-state index contributed by atoms with van der Waals surface area (Å²) < 4.78 is 5.87. The Balaban J connectivity index is 1.94. The molecule has 1 aliphatic heterocycles. The molecule has 5 nitrogen and oxygen atoms in total. The minimum atomic E-state index is -0.166. The first kappa shape index (κ1) is 13.7. The first-order valence-corrected chi connectivity index (χ1v) is 7.11. The molecule has 0 radical (unpaired) electrons. The third-order valence-electron chi connectivity index (χ3n) is 4.16. The number of fused-ring (bicyclic) bond motifs is 1. The van der Waals surface area contributed by atoms with Crippen molar-refractivity contribution in [2.45, 2.75) is 39.7 Å². The molecule has 2 atom stereocenters. The second-order valence-electron chi connectivity index (χ2n) is 5.60. The third-order valence-corrected chi connectivity index (χ3v) is 4.16. The van der Waals surface area contributed by atoms with Crippen molar-refractivity contribution >= 4 is 11.6 Å². The van der Waals surface area contributed by atoms with Crippen LogP contribution in [0.5, 0.6) is 5.75 Å². The summed E-state index contributed by atoms with van der Waals surface area (Å²) in [7, 11) is 0. The SMILES string of the molecule is Cc1n[nH]c(C)c1NC(=O)c1cccc2c1OC(C)C2C. The number of benzene rings is 1. The lowest BCUT2D eigenvalue weighted by molar-refractivity contribution is 0.102. The molecule has 5 heteroatoms. The van der Waals surface area contributed by atoms with E-state index in [1.54, 1.807) is 6.07 Å². The molecular weight excluding hydrogens is 266 g/mol. The molecule has 0 spiro atoms. The maximum Gasteiger partial charge on any atom is 0.259 e. The topological polar surface area (TPSA) is 67.0 Å². The van der Waals surface area contributed by atoms with E-state index in [1.165, 1.54) is 0 Å². The first-order valence-electron chi connectivity index (χ1n) is 7.11. The van der Waals surface area contributed by atoms with Gasteiger partial charge < -0.3 is 10.1 Å². The molecule has 21 heavy (non-hydrogen) atoms. The first-order chi connectivity index (χ1) is 9.99. The number of aromatic nitrogens is 2. The van der Waals surface area contributed by atoms with Crippen molar-refractivity contribution in [2.24, 2.45) is 0 Å². The van der Waals surface area contributed by atoms with E-state index >= 15 is 0 Å². The lowest BCUT2D eigenvalue weighted by atomic mass is 9.97. The zero-order valence-corrected chi connectivity index (χ0v) is 12.7. The Kier molecular flexibility index (Phi) is 3.20. The van der Waals surface area contributed by atoms with Crippen LogP contribution in [0.2, 0.25) is 0 Å². The zero-order valence-electron chi connectivity index (χ0n) is 12.7. The molecule has 0 saturated carbocycles. The fourth-order valence-corrected chi connectivity index (χ4v) is 2.68. The number of rotatable bonds is 2. The summed E-state index contributed by atoms with van der Waals surface area (Å²) >= 11 is 0. The van der Waals surface area contributed by atoms with E-state index in [0.717, 1.165) is 22.6 Å². The number of aryl methyl sites for hydroxylation is 2. The minimum absolute atomic E-state index is 0.0892. The second kappa shape index (κ2) is 4.91. The highest BCUT2D eigenvalue weighted by molar-refractivity contribution is 6.07. The Labute approximate surface area is 123 Å². The van der Waals surface area contributed by atoms with Crippen LogP contribution < -0.4 is 10.1 Å². The molecule has 3 rings (SSSR count). The van der Waals surface area contributed by atoms with Crippen LogP contribution >= 0.6 is 0 Å². The molecule has 2 unspecified atom stereocenters. The van der Waals surface area contributed by atoms with E-state index in [9.17, 15) is 4.79 Å². The van der Waals surface area contributed by atoms with Crippen molar-refractivity contribution in [3.05, 3.63) is 40.7 Å². The number of hydrogen-bond acceptors (Lipinski definition) is 3. The van der Waals surface area contributed by atoms with Gasteiger partial charge in [0.2, 0.25) is 0 Å². The molecule has 0 aliphatic carbocycles. The molecule has 2 N–H and O–H groups in total. The molecule has 110 valence electrons. The van der Waals surface area contributed by atoms with Gasteiger partial charge in [0.15, 0.2) is 0 Å². The third kappa shape index (κ3) is 2.18. The highest BCUT2D eigenvalue weighted by atomic mass is 16.5. The largest absolute Gasteiger partial charge is 0.489 e. The molecule has 2 aromatic rings. The molecule has 0 fully saturated rings. The number of carbonyl (C=O) groups is 1. The van der Waals surface area contributed by atoms with Gasteiger partial charge in [-0.05, 0) is 26.8 Å². The van der Waals surface area contributed by atoms with E-state index in [2.05, 4.69) is 22.4 Å². The molecule has 1 aliphatic rings. The van der Waals surface area contributed by atoms with Gasteiger partial charge in [-0.3, -0.25) is 9.89 Å². The van der Waals surface area contributed by atoms with Crippen LogP contribution in [0.1, 0.15) is 47.1 Å². The summed E-state index contributed by atoms with van der Waals surface area (Å²) in [4.78, 5) is 12.6. The quantitative estimate of drug-likeness (QED) is 0.890. The molecule has 0 saturated heterocycles. The Morgan fingerprint density at radius 1 is 1.33 bits per heavy atom. The monoisotopic (exact) mass is 285 g/mol. The van der Waals surface area contributed by atoms with Crippen molar-refractivity contribution in [3.8, 4) is 5.75 Å². The van der Waals surface area contributed by atoms with Crippen molar-refractivity contribution in [3.63, 3.8) is 0 Å². The van der Waals surface area contributed by atoms with Gasteiger partial charge in [0.25, 0.3) is 5.91 Å². The lowest BCUT2D eigenvalue weighted by Gasteiger charge is -2.10. The average molecular weight is 285 g/mol. The van der Waals surface area contributed by atoms with E-state index in [4.69, 9.17) is 4.74 Å². The number of nitrogens with one attached hydrogen (secondary N) is 2. The summed E-state index contributed by atoms with van der Waals surface area (Å²) in [6, 6.07) is 5.72. The minimum Gasteiger partial charge on any atom is -0.489 e. The Morgan fingerprint density at radius 3 is 2.76 bits per heavy atom. The van der Waals surface area contributed by atoms with Crippen LogP contribution in [0.25, 0.3) is 0 Å². The van der Waals surface area contributed by atoms with Crippen LogP contribution in [-0.4, -0.2) is 22.2 Å². The van der Waals surface area contributed by atoms with Crippen LogP contribution in [-0.2, 0) is 0 Å². The number of hydrogen-bond donors (Lipinski definition) is 2. The normalized spacial score (nSPS) is 20.0. The van der Waals surface area contributed by atoms with Gasteiger partial charge in [0, 0.05) is 11.5 Å². The van der Waals surface area contributed by atoms with Gasteiger partial charge >= 0.3 is 0 Å². The van der Waals surface area contributed by atoms with E-state index < -0.39 is 0 Å². The molecule has 1 amide bonds. The second-order valence-corrected chi connectivity index (χ2v) is 5.60. The number of carbonyl (C=O) groups excluding carboxylic acids is 1. The van der Waals surface area contributed by atoms with Gasteiger partial charge in [0.1, 0.15) is 11.9 Å². The smallest absolute Gasteiger partial charge is 0.259 e. The van der Waals surface area contributed by atoms with Crippen molar-refractivity contribution < 1.29 is 9.53 Å². The molecule has 1 aromatic carbocycles. The number of ether oxygens (including phenoxy) is 1. The fraction of sp³-hybridized carbons (Fsp3) is 0.375. The number of aromatic amines is 1. The number of nitrogens with zero attached hydrogens (tertiary/aromatic N) is 1.